The summed E-state index contributed by atoms with van der Waals surface area (Å²) < 4.78 is 0. The largest absolute Gasteiger partial charge is 0.352 e. The lowest BCUT2D eigenvalue weighted by molar-refractivity contribution is 0.102. The van der Waals surface area contributed by atoms with Crippen LogP contribution < -0.4 is 20.4 Å². The minimum atomic E-state index is -0.233. The van der Waals surface area contributed by atoms with Crippen LogP contribution in [0.2, 0.25) is 5.15 Å². The van der Waals surface area contributed by atoms with Crippen molar-refractivity contribution in [2.24, 2.45) is 0 Å². The van der Waals surface area contributed by atoms with Crippen molar-refractivity contribution in [2.45, 2.75) is 13.3 Å². The second-order valence-corrected chi connectivity index (χ2v) is 8.67. The maximum Gasteiger partial charge on any atom is 0.257 e. The van der Waals surface area contributed by atoms with E-state index in [1.54, 1.807) is 18.3 Å². The van der Waals surface area contributed by atoms with E-state index < -0.39 is 0 Å². The Labute approximate surface area is 219 Å². The maximum atomic E-state index is 12.5. The molecule has 0 unspecified atom stereocenters. The van der Waals surface area contributed by atoms with Crippen molar-refractivity contribution in [3.63, 3.8) is 0 Å². The van der Waals surface area contributed by atoms with Crippen LogP contribution in [0, 0.1) is 0 Å². The molecule has 2 N–H and O–H groups in total. The van der Waals surface area contributed by atoms with Gasteiger partial charge in [-0.2, -0.15) is 15.0 Å². The van der Waals surface area contributed by atoms with Gasteiger partial charge >= 0.3 is 0 Å². The first-order valence-electron chi connectivity index (χ1n) is 11.9. The normalized spacial score (nSPS) is 13.4. The molecule has 4 heterocycles. The predicted octanol–water partition coefficient (Wildman–Crippen LogP) is 3.59. The van der Waals surface area contributed by atoms with E-state index in [-0.39, 0.29) is 5.91 Å². The number of hydrogen-bond donors (Lipinski definition) is 2. The molecule has 0 atom stereocenters. The summed E-state index contributed by atoms with van der Waals surface area (Å²) in [5.41, 5.74) is 1.17. The summed E-state index contributed by atoms with van der Waals surface area (Å²) in [6.45, 7) is 4.89. The molecule has 0 aliphatic carbocycles. The highest BCUT2D eigenvalue weighted by Crippen LogP contribution is 2.20. The summed E-state index contributed by atoms with van der Waals surface area (Å²) in [5, 5.41) is 6.36. The SMILES string of the molecule is CCc1nc(Nc2ccc(C(=O)Nc3ccccc3)cn2)nc(N2CCN(c3cncc(Cl)n3)CC2)n1. The Morgan fingerprint density at radius 1 is 0.919 bits per heavy atom. The van der Waals surface area contributed by atoms with Crippen molar-refractivity contribution in [3.05, 3.63) is 77.6 Å². The molecule has 5 rings (SSSR count). The number of carbonyl (C=O) groups is 1. The summed E-state index contributed by atoms with van der Waals surface area (Å²) >= 11 is 5.99. The van der Waals surface area contributed by atoms with E-state index in [9.17, 15) is 4.79 Å². The van der Waals surface area contributed by atoms with Crippen molar-refractivity contribution in [1.82, 2.24) is 29.9 Å². The van der Waals surface area contributed by atoms with Gasteiger partial charge in [-0.1, -0.05) is 36.7 Å². The first kappa shape index (κ1) is 24.3. The summed E-state index contributed by atoms with van der Waals surface area (Å²) in [7, 11) is 0. The Morgan fingerprint density at radius 2 is 1.70 bits per heavy atom. The van der Waals surface area contributed by atoms with Crippen molar-refractivity contribution in [3.8, 4) is 0 Å². The van der Waals surface area contributed by atoms with E-state index in [2.05, 4.69) is 50.3 Å². The van der Waals surface area contributed by atoms with Gasteiger partial charge in [-0.3, -0.25) is 9.78 Å². The molecule has 1 aliphatic rings. The van der Waals surface area contributed by atoms with Gasteiger partial charge in [-0.15, -0.1) is 0 Å². The minimum Gasteiger partial charge on any atom is -0.352 e. The fourth-order valence-corrected chi connectivity index (χ4v) is 3.97. The highest BCUT2D eigenvalue weighted by atomic mass is 35.5. The van der Waals surface area contributed by atoms with E-state index in [1.807, 2.05) is 37.3 Å². The number of nitrogens with zero attached hydrogens (tertiary/aromatic N) is 8. The number of nitrogens with one attached hydrogen (secondary N) is 2. The van der Waals surface area contributed by atoms with E-state index in [4.69, 9.17) is 11.6 Å². The van der Waals surface area contributed by atoms with Crippen LogP contribution >= 0.6 is 11.6 Å². The Bertz CT molecular complexity index is 1360. The van der Waals surface area contributed by atoms with E-state index in [0.717, 1.165) is 24.6 Å². The van der Waals surface area contributed by atoms with E-state index in [0.29, 0.717) is 53.8 Å². The number of amides is 1. The molecule has 1 amide bonds. The number of rotatable bonds is 7. The van der Waals surface area contributed by atoms with Crippen LogP contribution in [0.3, 0.4) is 0 Å². The molecule has 0 spiro atoms. The summed E-state index contributed by atoms with van der Waals surface area (Å²) in [5.74, 6) is 2.73. The highest BCUT2D eigenvalue weighted by Gasteiger charge is 2.22. The molecular weight excluding hydrogens is 492 g/mol. The molecule has 11 nitrogen and oxygen atoms in total. The van der Waals surface area contributed by atoms with Gasteiger partial charge in [0.1, 0.15) is 22.6 Å². The van der Waals surface area contributed by atoms with Crippen LogP contribution in [0.5, 0.6) is 0 Å². The van der Waals surface area contributed by atoms with Crippen LogP contribution in [0.1, 0.15) is 23.1 Å². The molecule has 3 aromatic heterocycles. The van der Waals surface area contributed by atoms with Crippen LogP contribution in [-0.2, 0) is 6.42 Å². The third-order valence-electron chi connectivity index (χ3n) is 5.76. The fraction of sp³-hybridized carbons (Fsp3) is 0.240. The third kappa shape index (κ3) is 6.07. The van der Waals surface area contributed by atoms with Gasteiger partial charge in [0.2, 0.25) is 11.9 Å². The minimum absolute atomic E-state index is 0.233. The zero-order valence-electron chi connectivity index (χ0n) is 20.2. The summed E-state index contributed by atoms with van der Waals surface area (Å²) in [6, 6.07) is 12.7. The number of benzene rings is 1. The number of anilines is 5. The molecule has 4 aromatic rings. The van der Waals surface area contributed by atoms with Gasteiger partial charge in [-0.25, -0.2) is 9.97 Å². The lowest BCUT2D eigenvalue weighted by atomic mass is 10.2. The van der Waals surface area contributed by atoms with Gasteiger partial charge < -0.3 is 20.4 Å². The Kier molecular flexibility index (Phi) is 7.31. The molecule has 1 aliphatic heterocycles. The van der Waals surface area contributed by atoms with E-state index in [1.165, 1.54) is 12.4 Å². The van der Waals surface area contributed by atoms with Crippen LogP contribution in [0.15, 0.2) is 61.1 Å². The second-order valence-electron chi connectivity index (χ2n) is 8.28. The maximum absolute atomic E-state index is 12.5. The van der Waals surface area contributed by atoms with Gasteiger partial charge in [0.15, 0.2) is 0 Å². The number of pyridine rings is 1. The van der Waals surface area contributed by atoms with Gasteiger partial charge in [0.25, 0.3) is 5.91 Å². The van der Waals surface area contributed by atoms with Gasteiger partial charge in [0.05, 0.1) is 18.0 Å². The molecule has 12 heteroatoms. The Balaban J connectivity index is 1.25. The quantitative estimate of drug-likeness (QED) is 0.376. The van der Waals surface area contributed by atoms with Crippen molar-refractivity contribution < 1.29 is 4.79 Å². The molecule has 1 fully saturated rings. The van der Waals surface area contributed by atoms with Gasteiger partial charge in [-0.05, 0) is 24.3 Å². The third-order valence-corrected chi connectivity index (χ3v) is 5.94. The molecule has 1 saturated heterocycles. The number of para-hydroxylation sites is 1. The Hall–Kier alpha value is -4.38. The molecule has 37 heavy (non-hydrogen) atoms. The lowest BCUT2D eigenvalue weighted by Crippen LogP contribution is -2.47. The molecule has 0 bridgehead atoms. The van der Waals surface area contributed by atoms with Crippen LogP contribution in [-0.4, -0.2) is 62.0 Å². The fourth-order valence-electron chi connectivity index (χ4n) is 3.82. The number of halogens is 1. The van der Waals surface area contributed by atoms with Gasteiger partial charge in [0, 0.05) is 44.5 Å². The molecule has 0 saturated carbocycles. The molecule has 1 aromatic carbocycles. The van der Waals surface area contributed by atoms with Crippen molar-refractivity contribution >= 4 is 46.7 Å². The molecule has 188 valence electrons. The number of hydrogen-bond acceptors (Lipinski definition) is 10. The van der Waals surface area contributed by atoms with Crippen LogP contribution in [0.4, 0.5) is 29.2 Å². The monoisotopic (exact) mass is 516 g/mol. The van der Waals surface area contributed by atoms with Crippen LogP contribution in [0.25, 0.3) is 0 Å². The first-order chi connectivity index (χ1) is 18.1. The second kappa shape index (κ2) is 11.1. The number of carbonyl (C=O) groups excluding carboxylic acids is 1. The lowest BCUT2D eigenvalue weighted by Gasteiger charge is -2.35. The van der Waals surface area contributed by atoms with E-state index >= 15 is 0 Å². The zero-order chi connectivity index (χ0) is 25.6. The average Bonchev–Trinajstić information content (AvgIpc) is 2.94. The molecular formula is C25H25ClN10O. The Morgan fingerprint density at radius 3 is 2.41 bits per heavy atom. The summed E-state index contributed by atoms with van der Waals surface area (Å²) in [4.78, 5) is 43.3. The average molecular weight is 517 g/mol. The van der Waals surface area contributed by atoms with Crippen molar-refractivity contribution in [2.75, 3.05) is 46.6 Å². The highest BCUT2D eigenvalue weighted by molar-refractivity contribution is 6.29. The summed E-state index contributed by atoms with van der Waals surface area (Å²) in [6.07, 6.45) is 5.41. The number of aromatic nitrogens is 6. The van der Waals surface area contributed by atoms with Crippen molar-refractivity contribution in [1.29, 1.82) is 0 Å². The predicted molar refractivity (Wildman–Crippen MR) is 143 cm³/mol. The first-order valence-corrected chi connectivity index (χ1v) is 12.3. The topological polar surface area (TPSA) is 125 Å². The standard InChI is InChI=1S/C25H25ClN10O/c1-2-20-31-24(32-21-9-8-17(14-28-21)23(37)29-18-6-4-3-5-7-18)34-25(33-20)36-12-10-35(11-13-36)22-16-27-15-19(26)30-22/h3-9,14-16H,2,10-13H2,1H3,(H,29,37)(H,28,31,32,33,34). The number of aryl methyl sites for hydroxylation is 1. The molecule has 0 radical (unpaired) electrons. The smallest absolute Gasteiger partial charge is 0.257 e. The number of piperazine rings is 1. The zero-order valence-corrected chi connectivity index (χ0v) is 20.9.